The monoisotopic (exact) mass is 529 g/mol. The Labute approximate surface area is 219 Å². The van der Waals surface area contributed by atoms with Crippen LogP contribution in [-0.4, -0.2) is 45.4 Å². The molecule has 0 spiro atoms. The first-order valence-electron chi connectivity index (χ1n) is 11.3. The van der Waals surface area contributed by atoms with Gasteiger partial charge in [-0.25, -0.2) is 4.79 Å². The summed E-state index contributed by atoms with van der Waals surface area (Å²) in [7, 11) is 1.30. The number of methoxy groups -OCH3 is 1. The molecule has 1 atom stereocenters. The Morgan fingerprint density at radius 2 is 1.86 bits per heavy atom. The van der Waals surface area contributed by atoms with E-state index in [1.54, 1.807) is 48.5 Å². The lowest BCUT2D eigenvalue weighted by Crippen LogP contribution is -2.34. The van der Waals surface area contributed by atoms with Gasteiger partial charge in [0.25, 0.3) is 5.91 Å². The second kappa shape index (κ2) is 12.5. The molecule has 0 bridgehead atoms. The zero-order valence-corrected chi connectivity index (χ0v) is 22.0. The Morgan fingerprint density at radius 3 is 2.53 bits per heavy atom. The van der Waals surface area contributed by atoms with Crippen molar-refractivity contribution in [1.29, 1.82) is 0 Å². The molecule has 0 saturated carbocycles. The van der Waals surface area contributed by atoms with Gasteiger partial charge < -0.3 is 19.9 Å². The molecule has 0 fully saturated rings. The van der Waals surface area contributed by atoms with E-state index in [2.05, 4.69) is 20.8 Å². The lowest BCUT2D eigenvalue weighted by Gasteiger charge is -2.22. The summed E-state index contributed by atoms with van der Waals surface area (Å²) in [5.74, 6) is -0.339. The maximum Gasteiger partial charge on any atom is 0.337 e. The van der Waals surface area contributed by atoms with Crippen LogP contribution >= 0.6 is 23.4 Å². The molecule has 0 aliphatic rings. The summed E-state index contributed by atoms with van der Waals surface area (Å²) in [5, 5.41) is 15.3. The molecule has 190 valence electrons. The van der Waals surface area contributed by atoms with Gasteiger partial charge in [0.1, 0.15) is 0 Å². The fourth-order valence-corrected chi connectivity index (χ4v) is 4.53. The molecule has 36 heavy (non-hydrogen) atoms. The molecule has 2 amide bonds. The van der Waals surface area contributed by atoms with E-state index in [0.29, 0.717) is 39.4 Å². The Bertz CT molecular complexity index is 1250. The predicted octanol–water partition coefficient (Wildman–Crippen LogP) is 4.60. The lowest BCUT2D eigenvalue weighted by atomic mass is 10.0. The lowest BCUT2D eigenvalue weighted by molar-refractivity contribution is -0.113. The van der Waals surface area contributed by atoms with Crippen LogP contribution in [0.5, 0.6) is 0 Å². The zero-order valence-electron chi connectivity index (χ0n) is 20.4. The average Bonchev–Trinajstić information content (AvgIpc) is 3.28. The predicted molar refractivity (Wildman–Crippen MR) is 139 cm³/mol. The molecule has 0 saturated heterocycles. The van der Waals surface area contributed by atoms with Gasteiger partial charge in [0, 0.05) is 12.2 Å². The molecule has 1 heterocycles. The summed E-state index contributed by atoms with van der Waals surface area (Å²) >= 11 is 7.43. The molecule has 2 N–H and O–H groups in total. The molecular weight excluding hydrogens is 502 g/mol. The molecule has 3 aromatic rings. The second-order valence-electron chi connectivity index (χ2n) is 8.17. The molecule has 11 heteroatoms. The fourth-order valence-electron chi connectivity index (χ4n) is 3.50. The quantitative estimate of drug-likeness (QED) is 0.291. The van der Waals surface area contributed by atoms with Gasteiger partial charge in [-0.05, 0) is 43.2 Å². The van der Waals surface area contributed by atoms with E-state index < -0.39 is 12.0 Å². The van der Waals surface area contributed by atoms with Crippen molar-refractivity contribution in [2.45, 2.75) is 38.5 Å². The number of ether oxygens (including phenoxy) is 1. The molecule has 0 radical (unpaired) electrons. The third kappa shape index (κ3) is 6.64. The maximum atomic E-state index is 12.9. The normalized spacial score (nSPS) is 11.7. The van der Waals surface area contributed by atoms with E-state index >= 15 is 0 Å². The van der Waals surface area contributed by atoms with Gasteiger partial charge in [0.15, 0.2) is 11.0 Å². The Kier molecular flexibility index (Phi) is 9.49. The number of carbonyl (C=O) groups excluding carboxylic acids is 3. The van der Waals surface area contributed by atoms with Crippen LogP contribution in [0.15, 0.2) is 53.7 Å². The number of carbonyl (C=O) groups is 3. The number of hydrogen-bond donors (Lipinski definition) is 2. The summed E-state index contributed by atoms with van der Waals surface area (Å²) in [5.41, 5.74) is 1.22. The number of nitrogens with zero attached hydrogens (tertiary/aromatic N) is 3. The first kappa shape index (κ1) is 27.2. The Hall–Kier alpha value is -3.37. The highest BCUT2D eigenvalue weighted by Gasteiger charge is 2.26. The number of nitrogens with one attached hydrogen (secondary N) is 2. The third-order valence-electron chi connectivity index (χ3n) is 5.31. The summed E-state index contributed by atoms with van der Waals surface area (Å²) in [6.07, 6.45) is 0. The van der Waals surface area contributed by atoms with Gasteiger partial charge in [-0.15, -0.1) is 10.2 Å². The van der Waals surface area contributed by atoms with Crippen LogP contribution in [0.4, 0.5) is 5.69 Å². The highest BCUT2D eigenvalue weighted by Crippen LogP contribution is 2.26. The van der Waals surface area contributed by atoms with Crippen LogP contribution in [0.25, 0.3) is 0 Å². The minimum atomic E-state index is -0.481. The number of esters is 1. The van der Waals surface area contributed by atoms with Crippen LogP contribution in [0.3, 0.4) is 0 Å². The van der Waals surface area contributed by atoms with Crippen molar-refractivity contribution < 1.29 is 19.1 Å². The first-order chi connectivity index (χ1) is 17.2. The SMILES string of the molecule is CCn1c(SCC(=O)Nc2cccc(C(=O)OC)c2)nnc1[C@H](NC(=O)c1ccccc1Cl)C(C)C. The van der Waals surface area contributed by atoms with Crippen molar-refractivity contribution in [3.05, 3.63) is 70.5 Å². The van der Waals surface area contributed by atoms with Gasteiger partial charge in [-0.1, -0.05) is 55.4 Å². The van der Waals surface area contributed by atoms with Crippen molar-refractivity contribution in [3.63, 3.8) is 0 Å². The standard InChI is InChI=1S/C25H28ClN5O4S/c1-5-31-22(21(15(2)3)28-23(33)18-11-6-7-12-19(18)26)29-30-25(31)36-14-20(32)27-17-10-8-9-16(13-17)24(34)35-4/h6-13,15,21H,5,14H2,1-4H3,(H,27,32)(H,28,33)/t21-/m1/s1. The van der Waals surface area contributed by atoms with E-state index in [-0.39, 0.29) is 23.5 Å². The van der Waals surface area contributed by atoms with E-state index in [0.717, 1.165) is 0 Å². The molecule has 0 aliphatic heterocycles. The molecule has 3 rings (SSSR count). The summed E-state index contributed by atoms with van der Waals surface area (Å²) in [6, 6.07) is 13.0. The molecule has 0 unspecified atom stereocenters. The number of aromatic nitrogens is 3. The van der Waals surface area contributed by atoms with Gasteiger partial charge in [-0.2, -0.15) is 0 Å². The molecular formula is C25H28ClN5O4S. The van der Waals surface area contributed by atoms with Gasteiger partial charge in [0.2, 0.25) is 5.91 Å². The molecule has 9 nitrogen and oxygen atoms in total. The van der Waals surface area contributed by atoms with Crippen molar-refractivity contribution >= 4 is 46.8 Å². The summed E-state index contributed by atoms with van der Waals surface area (Å²) < 4.78 is 6.60. The molecule has 1 aromatic heterocycles. The number of rotatable bonds is 10. The van der Waals surface area contributed by atoms with Crippen molar-refractivity contribution in [2.24, 2.45) is 5.92 Å². The van der Waals surface area contributed by atoms with E-state index in [9.17, 15) is 14.4 Å². The van der Waals surface area contributed by atoms with Crippen LogP contribution < -0.4 is 10.6 Å². The van der Waals surface area contributed by atoms with Crippen molar-refractivity contribution in [1.82, 2.24) is 20.1 Å². The summed E-state index contributed by atoms with van der Waals surface area (Å²) in [4.78, 5) is 37.2. The van der Waals surface area contributed by atoms with Crippen molar-refractivity contribution in [3.8, 4) is 0 Å². The van der Waals surface area contributed by atoms with Crippen LogP contribution in [-0.2, 0) is 16.1 Å². The average molecular weight is 530 g/mol. The van der Waals surface area contributed by atoms with Gasteiger partial charge in [0.05, 0.1) is 35.1 Å². The summed E-state index contributed by atoms with van der Waals surface area (Å²) in [6.45, 7) is 6.46. The minimum absolute atomic E-state index is 0.0224. The topological polar surface area (TPSA) is 115 Å². The maximum absolute atomic E-state index is 12.9. The first-order valence-corrected chi connectivity index (χ1v) is 12.7. The second-order valence-corrected chi connectivity index (χ2v) is 9.52. The fraction of sp³-hybridized carbons (Fsp3) is 0.320. The van der Waals surface area contributed by atoms with Crippen LogP contribution in [0.2, 0.25) is 5.02 Å². The van der Waals surface area contributed by atoms with Crippen molar-refractivity contribution in [2.75, 3.05) is 18.2 Å². The number of hydrogen-bond acceptors (Lipinski definition) is 7. The zero-order chi connectivity index (χ0) is 26.2. The Balaban J connectivity index is 1.70. The highest BCUT2D eigenvalue weighted by molar-refractivity contribution is 7.99. The number of amides is 2. The van der Waals surface area contributed by atoms with E-state index in [4.69, 9.17) is 16.3 Å². The highest BCUT2D eigenvalue weighted by atomic mass is 35.5. The largest absolute Gasteiger partial charge is 0.465 e. The molecule has 0 aliphatic carbocycles. The van der Waals surface area contributed by atoms with E-state index in [1.807, 2.05) is 25.3 Å². The smallest absolute Gasteiger partial charge is 0.337 e. The number of benzene rings is 2. The number of anilines is 1. The van der Waals surface area contributed by atoms with Crippen LogP contribution in [0.1, 0.15) is 53.4 Å². The number of thioether (sulfide) groups is 1. The minimum Gasteiger partial charge on any atom is -0.465 e. The number of halogens is 1. The van der Waals surface area contributed by atoms with Gasteiger partial charge >= 0.3 is 5.97 Å². The van der Waals surface area contributed by atoms with E-state index in [1.165, 1.54) is 18.9 Å². The van der Waals surface area contributed by atoms with Crippen LogP contribution in [0, 0.1) is 5.92 Å². The Morgan fingerprint density at radius 1 is 1.11 bits per heavy atom. The molecule has 2 aromatic carbocycles. The van der Waals surface area contributed by atoms with Gasteiger partial charge in [-0.3, -0.25) is 9.59 Å². The third-order valence-corrected chi connectivity index (χ3v) is 6.61.